The van der Waals surface area contributed by atoms with Gasteiger partial charge in [0.1, 0.15) is 11.4 Å². The summed E-state index contributed by atoms with van der Waals surface area (Å²) in [5.74, 6) is 2.66. The number of aromatic nitrogens is 5. The Kier molecular flexibility index (Phi) is 3.72. The molecule has 4 rings (SSSR count). The number of methoxy groups -OCH3 is 1. The summed E-state index contributed by atoms with van der Waals surface area (Å²) in [6, 6.07) is 11.8. The number of ether oxygens (including phenoxy) is 1. The van der Waals surface area contributed by atoms with E-state index in [1.54, 1.807) is 13.3 Å². The highest BCUT2D eigenvalue weighted by atomic mass is 16.5. The van der Waals surface area contributed by atoms with Crippen LogP contribution in [0.15, 0.2) is 48.8 Å². The second-order valence-electron chi connectivity index (χ2n) is 6.16. The van der Waals surface area contributed by atoms with Gasteiger partial charge in [0.25, 0.3) is 0 Å². The van der Waals surface area contributed by atoms with E-state index in [0.29, 0.717) is 0 Å². The number of benzene rings is 1. The van der Waals surface area contributed by atoms with E-state index in [9.17, 15) is 0 Å². The van der Waals surface area contributed by atoms with E-state index >= 15 is 0 Å². The Bertz CT molecular complexity index is 1010. The Morgan fingerprint density at radius 2 is 1.92 bits per heavy atom. The molecule has 6 heteroatoms. The lowest BCUT2D eigenvalue weighted by molar-refractivity contribution is 0.414. The van der Waals surface area contributed by atoms with Crippen LogP contribution in [-0.2, 0) is 0 Å². The van der Waals surface area contributed by atoms with Gasteiger partial charge in [-0.05, 0) is 36.4 Å². The summed E-state index contributed by atoms with van der Waals surface area (Å²) >= 11 is 0. The molecule has 126 valence electrons. The zero-order valence-corrected chi connectivity index (χ0v) is 14.4. The molecule has 0 spiro atoms. The van der Waals surface area contributed by atoms with Crippen molar-refractivity contribution in [1.82, 2.24) is 24.7 Å². The zero-order valence-electron chi connectivity index (χ0n) is 14.4. The number of fused-ring (bicyclic) bond motifs is 1. The molecule has 0 amide bonds. The van der Waals surface area contributed by atoms with Crippen molar-refractivity contribution in [3.8, 4) is 22.8 Å². The number of nitrogens with one attached hydrogen (secondary N) is 1. The Balaban J connectivity index is 1.91. The molecular formula is C19H19N5O. The molecule has 0 atom stereocenters. The summed E-state index contributed by atoms with van der Waals surface area (Å²) in [7, 11) is 1.66. The van der Waals surface area contributed by atoms with Crippen molar-refractivity contribution in [3.05, 3.63) is 54.6 Å². The monoisotopic (exact) mass is 333 g/mol. The highest BCUT2D eigenvalue weighted by Crippen LogP contribution is 2.29. The van der Waals surface area contributed by atoms with Gasteiger partial charge in [-0.1, -0.05) is 13.8 Å². The fraction of sp³-hybridized carbons (Fsp3) is 0.211. The summed E-state index contributed by atoms with van der Waals surface area (Å²) < 4.78 is 7.13. The van der Waals surface area contributed by atoms with Crippen LogP contribution >= 0.6 is 0 Å². The van der Waals surface area contributed by atoms with Gasteiger partial charge < -0.3 is 9.72 Å². The van der Waals surface area contributed by atoms with Gasteiger partial charge in [0.15, 0.2) is 11.6 Å². The summed E-state index contributed by atoms with van der Waals surface area (Å²) in [6.07, 6.45) is 3.71. The highest BCUT2D eigenvalue weighted by Gasteiger charge is 2.18. The fourth-order valence-corrected chi connectivity index (χ4v) is 2.79. The van der Waals surface area contributed by atoms with Crippen LogP contribution in [0.2, 0.25) is 0 Å². The molecule has 6 nitrogen and oxygen atoms in total. The van der Waals surface area contributed by atoms with Crippen LogP contribution in [0.5, 0.6) is 5.75 Å². The number of hydrogen-bond donors (Lipinski definition) is 1. The maximum Gasteiger partial charge on any atom is 0.165 e. The van der Waals surface area contributed by atoms with Gasteiger partial charge >= 0.3 is 0 Å². The Morgan fingerprint density at radius 3 is 2.64 bits per heavy atom. The normalized spacial score (nSPS) is 11.4. The smallest absolute Gasteiger partial charge is 0.165 e. The Hall–Kier alpha value is -3.15. The average Bonchev–Trinajstić information content (AvgIpc) is 3.26. The van der Waals surface area contributed by atoms with Crippen LogP contribution in [0.1, 0.15) is 25.6 Å². The first kappa shape index (κ1) is 15.4. The predicted octanol–water partition coefficient (Wildman–Crippen LogP) is 3.94. The first-order valence-electron chi connectivity index (χ1n) is 8.21. The lowest BCUT2D eigenvalue weighted by atomic mass is 10.2. The standard InChI is InChI=1S/C19H19N5O/c1-12(2)17-22-19(16-11-21-18-15(16)5-4-10-20-18)24(23-17)13-6-8-14(25-3)9-7-13/h4-12H,1-3H3,(H,20,21). The minimum Gasteiger partial charge on any atom is -0.497 e. The number of pyridine rings is 1. The van der Waals surface area contributed by atoms with Gasteiger partial charge in [-0.3, -0.25) is 0 Å². The van der Waals surface area contributed by atoms with Crippen LogP contribution < -0.4 is 4.74 Å². The molecule has 1 N–H and O–H groups in total. The van der Waals surface area contributed by atoms with Crippen LogP contribution in [-0.4, -0.2) is 31.8 Å². The molecule has 0 radical (unpaired) electrons. The molecule has 0 aliphatic carbocycles. The molecule has 4 aromatic rings. The fourth-order valence-electron chi connectivity index (χ4n) is 2.79. The molecule has 0 fully saturated rings. The van der Waals surface area contributed by atoms with Crippen molar-refractivity contribution in [2.45, 2.75) is 19.8 Å². The van der Waals surface area contributed by atoms with Gasteiger partial charge in [-0.25, -0.2) is 14.6 Å². The van der Waals surface area contributed by atoms with Crippen molar-refractivity contribution in [1.29, 1.82) is 0 Å². The summed E-state index contributed by atoms with van der Waals surface area (Å²) in [4.78, 5) is 12.4. The van der Waals surface area contributed by atoms with Gasteiger partial charge in [-0.2, -0.15) is 5.10 Å². The third-order valence-electron chi connectivity index (χ3n) is 4.15. The zero-order chi connectivity index (χ0) is 17.4. The second kappa shape index (κ2) is 6.05. The minimum absolute atomic E-state index is 0.238. The van der Waals surface area contributed by atoms with Crippen molar-refractivity contribution < 1.29 is 4.74 Å². The molecule has 0 bridgehead atoms. The maximum absolute atomic E-state index is 5.25. The van der Waals surface area contributed by atoms with Crippen LogP contribution in [0.3, 0.4) is 0 Å². The first-order valence-corrected chi connectivity index (χ1v) is 8.21. The Morgan fingerprint density at radius 1 is 1.12 bits per heavy atom. The van der Waals surface area contributed by atoms with Gasteiger partial charge in [0, 0.05) is 29.3 Å². The molecule has 25 heavy (non-hydrogen) atoms. The molecule has 0 saturated carbocycles. The topological polar surface area (TPSA) is 68.6 Å². The van der Waals surface area contributed by atoms with Crippen molar-refractivity contribution in [2.75, 3.05) is 7.11 Å². The third kappa shape index (κ3) is 2.65. The van der Waals surface area contributed by atoms with Crippen molar-refractivity contribution in [3.63, 3.8) is 0 Å². The van der Waals surface area contributed by atoms with Gasteiger partial charge in [0.2, 0.25) is 0 Å². The number of aromatic amines is 1. The van der Waals surface area contributed by atoms with E-state index < -0.39 is 0 Å². The van der Waals surface area contributed by atoms with E-state index in [1.807, 2.05) is 47.3 Å². The summed E-state index contributed by atoms with van der Waals surface area (Å²) in [5, 5.41) is 5.76. The molecule has 3 aromatic heterocycles. The van der Waals surface area contributed by atoms with Crippen LogP contribution in [0.25, 0.3) is 28.1 Å². The average molecular weight is 333 g/mol. The summed E-state index contributed by atoms with van der Waals surface area (Å²) in [6.45, 7) is 4.18. The largest absolute Gasteiger partial charge is 0.497 e. The van der Waals surface area contributed by atoms with E-state index in [2.05, 4.69) is 23.8 Å². The molecule has 0 aliphatic rings. The van der Waals surface area contributed by atoms with Gasteiger partial charge in [-0.15, -0.1) is 0 Å². The molecular weight excluding hydrogens is 314 g/mol. The van der Waals surface area contributed by atoms with Gasteiger partial charge in [0.05, 0.1) is 12.8 Å². The third-order valence-corrected chi connectivity index (χ3v) is 4.15. The molecule has 0 saturated heterocycles. The highest BCUT2D eigenvalue weighted by molar-refractivity contribution is 5.91. The molecule has 0 aliphatic heterocycles. The number of H-pyrrole nitrogens is 1. The lowest BCUT2D eigenvalue weighted by Gasteiger charge is -2.06. The second-order valence-corrected chi connectivity index (χ2v) is 6.16. The van der Waals surface area contributed by atoms with E-state index in [1.165, 1.54) is 0 Å². The van der Waals surface area contributed by atoms with Crippen LogP contribution in [0, 0.1) is 0 Å². The molecule has 3 heterocycles. The SMILES string of the molecule is COc1ccc(-n2nc(C(C)C)nc2-c2c[nH]c3ncccc23)cc1. The number of hydrogen-bond acceptors (Lipinski definition) is 4. The molecule has 0 unspecified atom stereocenters. The first-order chi connectivity index (χ1) is 12.2. The van der Waals surface area contributed by atoms with E-state index in [-0.39, 0.29) is 5.92 Å². The van der Waals surface area contributed by atoms with E-state index in [0.717, 1.165) is 39.7 Å². The minimum atomic E-state index is 0.238. The molecule has 1 aromatic carbocycles. The van der Waals surface area contributed by atoms with Crippen LogP contribution in [0.4, 0.5) is 0 Å². The number of rotatable bonds is 4. The van der Waals surface area contributed by atoms with E-state index in [4.69, 9.17) is 14.8 Å². The summed E-state index contributed by atoms with van der Waals surface area (Å²) in [5.41, 5.74) is 2.76. The predicted molar refractivity (Wildman–Crippen MR) is 97.1 cm³/mol. The lowest BCUT2D eigenvalue weighted by Crippen LogP contribution is -2.00. The number of nitrogens with zero attached hydrogens (tertiary/aromatic N) is 4. The van der Waals surface area contributed by atoms with Crippen molar-refractivity contribution >= 4 is 11.0 Å². The Labute approximate surface area is 145 Å². The van der Waals surface area contributed by atoms with Crippen molar-refractivity contribution in [2.24, 2.45) is 0 Å². The quantitative estimate of drug-likeness (QED) is 0.614. The maximum atomic E-state index is 5.25.